The molecule has 1 saturated carbocycles. The van der Waals surface area contributed by atoms with Gasteiger partial charge < -0.3 is 10.4 Å². The Bertz CT molecular complexity index is 153. The van der Waals surface area contributed by atoms with Gasteiger partial charge >= 0.3 is 0 Å². The van der Waals surface area contributed by atoms with Gasteiger partial charge in [0.1, 0.15) is 0 Å². The molecule has 2 rings (SSSR count). The maximum Gasteiger partial charge on any atom is 0.0546 e. The molecule has 0 aromatic carbocycles. The highest BCUT2D eigenvalue weighted by Gasteiger charge is 2.27. The molecule has 2 fully saturated rings. The van der Waals surface area contributed by atoms with Crippen LogP contribution in [0.2, 0.25) is 0 Å². The lowest BCUT2D eigenvalue weighted by Gasteiger charge is -2.33. The van der Waals surface area contributed by atoms with E-state index in [0.29, 0.717) is 0 Å². The van der Waals surface area contributed by atoms with Crippen LogP contribution in [-0.2, 0) is 0 Å². The Kier molecular flexibility index (Phi) is 3.52. The second-order valence-electron chi connectivity index (χ2n) is 4.29. The van der Waals surface area contributed by atoms with Gasteiger partial charge in [-0.1, -0.05) is 0 Å². The topological polar surface area (TPSA) is 32.3 Å². The maximum absolute atomic E-state index is 9.12. The molecule has 1 aliphatic carbocycles. The fourth-order valence-electron chi connectivity index (χ4n) is 2.10. The minimum Gasteiger partial charge on any atom is -0.393 e. The molecule has 2 N–H and O–H groups in total. The highest BCUT2D eigenvalue weighted by Crippen LogP contribution is 2.26. The summed E-state index contributed by atoms with van der Waals surface area (Å²) in [7, 11) is 0. The summed E-state index contributed by atoms with van der Waals surface area (Å²) in [5, 5.41) is 12.7. The average Bonchev–Trinajstić information content (AvgIpc) is 2.12. The molecular weight excluding hydrogens is 182 g/mol. The van der Waals surface area contributed by atoms with E-state index in [9.17, 15) is 0 Å². The molecule has 0 spiro atoms. The molecule has 0 unspecified atom stereocenters. The van der Waals surface area contributed by atoms with Crippen LogP contribution in [0.15, 0.2) is 0 Å². The van der Waals surface area contributed by atoms with Crippen LogP contribution in [0.4, 0.5) is 0 Å². The third kappa shape index (κ3) is 2.86. The smallest absolute Gasteiger partial charge is 0.0546 e. The Balaban J connectivity index is 1.56. The van der Waals surface area contributed by atoms with Crippen molar-refractivity contribution in [3.8, 4) is 0 Å². The fourth-order valence-corrected chi connectivity index (χ4v) is 3.21. The molecule has 13 heavy (non-hydrogen) atoms. The maximum atomic E-state index is 9.12. The lowest BCUT2D eigenvalue weighted by molar-refractivity contribution is 0.0417. The van der Waals surface area contributed by atoms with Crippen molar-refractivity contribution in [1.29, 1.82) is 0 Å². The average molecular weight is 201 g/mol. The van der Waals surface area contributed by atoms with Gasteiger partial charge in [0.15, 0.2) is 0 Å². The van der Waals surface area contributed by atoms with Gasteiger partial charge in [-0.2, -0.15) is 11.8 Å². The lowest BCUT2D eigenvalue weighted by Crippen LogP contribution is -2.41. The standard InChI is InChI=1S/C10H19NOS/c12-10-5-8(6-10)7-11-9-1-3-13-4-2-9/h8-12H,1-7H2. The van der Waals surface area contributed by atoms with Crippen LogP contribution in [0, 0.1) is 5.92 Å². The van der Waals surface area contributed by atoms with E-state index in [1.54, 1.807) is 0 Å². The summed E-state index contributed by atoms with van der Waals surface area (Å²) >= 11 is 2.07. The molecule has 2 aliphatic rings. The zero-order chi connectivity index (χ0) is 9.10. The highest BCUT2D eigenvalue weighted by atomic mass is 32.2. The zero-order valence-corrected chi connectivity index (χ0v) is 8.85. The molecule has 0 atom stereocenters. The van der Waals surface area contributed by atoms with Crippen molar-refractivity contribution >= 4 is 11.8 Å². The predicted molar refractivity (Wildman–Crippen MR) is 57.1 cm³/mol. The van der Waals surface area contributed by atoms with Gasteiger partial charge in [-0.05, 0) is 49.7 Å². The van der Waals surface area contributed by atoms with Crippen LogP contribution in [0.25, 0.3) is 0 Å². The van der Waals surface area contributed by atoms with Gasteiger partial charge in [0, 0.05) is 6.04 Å². The van der Waals surface area contributed by atoms with Gasteiger partial charge in [-0.3, -0.25) is 0 Å². The second-order valence-corrected chi connectivity index (χ2v) is 5.51. The van der Waals surface area contributed by atoms with E-state index in [-0.39, 0.29) is 6.10 Å². The number of nitrogens with one attached hydrogen (secondary N) is 1. The number of aliphatic hydroxyl groups is 1. The van der Waals surface area contributed by atoms with Crippen molar-refractivity contribution in [2.75, 3.05) is 18.1 Å². The van der Waals surface area contributed by atoms with Crippen LogP contribution in [0.1, 0.15) is 25.7 Å². The first kappa shape index (κ1) is 9.81. The molecule has 3 heteroatoms. The van der Waals surface area contributed by atoms with E-state index >= 15 is 0 Å². The summed E-state index contributed by atoms with van der Waals surface area (Å²) in [6, 6.07) is 0.763. The Labute approximate surface area is 84.5 Å². The van der Waals surface area contributed by atoms with Gasteiger partial charge in [0.05, 0.1) is 6.10 Å². The first-order chi connectivity index (χ1) is 6.34. The lowest BCUT2D eigenvalue weighted by atomic mass is 9.82. The highest BCUT2D eigenvalue weighted by molar-refractivity contribution is 7.99. The number of hydrogen-bond acceptors (Lipinski definition) is 3. The Morgan fingerprint density at radius 3 is 2.54 bits per heavy atom. The molecule has 0 aromatic rings. The van der Waals surface area contributed by atoms with E-state index in [1.165, 1.54) is 24.3 Å². The molecule has 1 aliphatic heterocycles. The summed E-state index contributed by atoms with van der Waals surface area (Å²) in [6.07, 6.45) is 4.72. The fraction of sp³-hybridized carbons (Fsp3) is 1.00. The van der Waals surface area contributed by atoms with Gasteiger partial charge in [0.25, 0.3) is 0 Å². The Morgan fingerprint density at radius 2 is 1.92 bits per heavy atom. The van der Waals surface area contributed by atoms with Crippen LogP contribution >= 0.6 is 11.8 Å². The Hall–Kier alpha value is 0.270. The SMILES string of the molecule is OC1CC(CNC2CCSCC2)C1. The van der Waals surface area contributed by atoms with Crippen molar-refractivity contribution in [2.24, 2.45) is 5.92 Å². The molecule has 1 heterocycles. The monoisotopic (exact) mass is 201 g/mol. The van der Waals surface area contributed by atoms with Crippen molar-refractivity contribution in [3.05, 3.63) is 0 Å². The molecule has 1 saturated heterocycles. The van der Waals surface area contributed by atoms with E-state index in [2.05, 4.69) is 17.1 Å². The molecular formula is C10H19NOS. The third-order valence-corrected chi connectivity index (χ3v) is 4.18. The summed E-state index contributed by atoms with van der Waals surface area (Å²) in [5.41, 5.74) is 0. The first-order valence-electron chi connectivity index (χ1n) is 5.34. The molecule has 0 amide bonds. The number of aliphatic hydroxyl groups excluding tert-OH is 1. The minimum absolute atomic E-state index is 0.00807. The quantitative estimate of drug-likeness (QED) is 0.720. The molecule has 0 bridgehead atoms. The Morgan fingerprint density at radius 1 is 1.23 bits per heavy atom. The second kappa shape index (κ2) is 4.67. The van der Waals surface area contributed by atoms with Crippen LogP contribution in [0.5, 0.6) is 0 Å². The van der Waals surface area contributed by atoms with Crippen molar-refractivity contribution in [1.82, 2.24) is 5.32 Å². The summed E-state index contributed by atoms with van der Waals surface area (Å²) < 4.78 is 0. The summed E-state index contributed by atoms with van der Waals surface area (Å²) in [6.45, 7) is 1.13. The largest absolute Gasteiger partial charge is 0.393 e. The third-order valence-electron chi connectivity index (χ3n) is 3.13. The van der Waals surface area contributed by atoms with Crippen LogP contribution in [0.3, 0.4) is 0 Å². The van der Waals surface area contributed by atoms with E-state index < -0.39 is 0 Å². The number of hydrogen-bond donors (Lipinski definition) is 2. The predicted octanol–water partition coefficient (Wildman–Crippen LogP) is 1.24. The first-order valence-corrected chi connectivity index (χ1v) is 6.49. The van der Waals surface area contributed by atoms with E-state index in [4.69, 9.17) is 5.11 Å². The van der Waals surface area contributed by atoms with Crippen LogP contribution in [-0.4, -0.2) is 35.3 Å². The normalized spacial score (nSPS) is 35.8. The minimum atomic E-state index is 0.00807. The van der Waals surface area contributed by atoms with Crippen LogP contribution < -0.4 is 5.32 Å². The molecule has 0 radical (unpaired) electrons. The van der Waals surface area contributed by atoms with E-state index in [0.717, 1.165) is 31.3 Å². The van der Waals surface area contributed by atoms with Crippen molar-refractivity contribution < 1.29 is 5.11 Å². The number of rotatable bonds is 3. The van der Waals surface area contributed by atoms with Gasteiger partial charge in [0.2, 0.25) is 0 Å². The molecule has 2 nitrogen and oxygen atoms in total. The summed E-state index contributed by atoms with van der Waals surface area (Å²) in [4.78, 5) is 0. The van der Waals surface area contributed by atoms with Gasteiger partial charge in [-0.25, -0.2) is 0 Å². The van der Waals surface area contributed by atoms with E-state index in [1.807, 2.05) is 0 Å². The molecule has 0 aromatic heterocycles. The zero-order valence-electron chi connectivity index (χ0n) is 8.04. The van der Waals surface area contributed by atoms with Crippen molar-refractivity contribution in [3.63, 3.8) is 0 Å². The van der Waals surface area contributed by atoms with Gasteiger partial charge in [-0.15, -0.1) is 0 Å². The summed E-state index contributed by atoms with van der Waals surface area (Å²) in [5.74, 6) is 3.40. The van der Waals surface area contributed by atoms with Crippen molar-refractivity contribution in [2.45, 2.75) is 37.8 Å². The molecule has 76 valence electrons. The number of thioether (sulfide) groups is 1.